The smallest absolute Gasteiger partial charge is 0.193 e. The second-order valence-electron chi connectivity index (χ2n) is 14.9. The molecule has 0 saturated carbocycles. The summed E-state index contributed by atoms with van der Waals surface area (Å²) in [7, 11) is -2.20. The highest BCUT2D eigenvalue weighted by atomic mass is 79.9. The van der Waals surface area contributed by atoms with Crippen LogP contribution in [0.5, 0.6) is 5.88 Å². The van der Waals surface area contributed by atoms with E-state index in [9.17, 15) is 13.0 Å². The van der Waals surface area contributed by atoms with Crippen LogP contribution in [0, 0.1) is 11.6 Å². The minimum atomic E-state index is -2.20. The molecule has 1 unspecified atom stereocenters. The highest BCUT2D eigenvalue weighted by Crippen LogP contribution is 2.34. The number of pyridine rings is 2. The Balaban J connectivity index is 0.000000174. The van der Waals surface area contributed by atoms with Crippen molar-refractivity contribution in [2.24, 2.45) is 4.36 Å². The number of H-pyrrole nitrogens is 1. The van der Waals surface area contributed by atoms with Crippen LogP contribution in [0.2, 0.25) is 5.15 Å². The first-order valence-corrected chi connectivity index (χ1v) is 23.1. The summed E-state index contributed by atoms with van der Waals surface area (Å²) in [6.45, 7) is 3.57. The summed E-state index contributed by atoms with van der Waals surface area (Å²) in [5.74, 6) is -0.193. The van der Waals surface area contributed by atoms with E-state index < -0.39 is 21.4 Å². The van der Waals surface area contributed by atoms with Crippen molar-refractivity contribution in [3.8, 4) is 28.3 Å². The fraction of sp³-hybridized carbons (Fsp3) is 0.395. The van der Waals surface area contributed by atoms with E-state index in [4.69, 9.17) is 35.7 Å². The monoisotopic (exact) mass is 913 g/mol. The molecule has 11 nitrogen and oxygen atoms in total. The highest BCUT2D eigenvalue weighted by molar-refractivity contribution is 9.10. The predicted molar refractivity (Wildman–Crippen MR) is 231 cm³/mol. The van der Waals surface area contributed by atoms with Crippen molar-refractivity contribution in [2.75, 3.05) is 45.5 Å². The van der Waals surface area contributed by atoms with Crippen LogP contribution in [0.15, 0.2) is 81.8 Å². The van der Waals surface area contributed by atoms with Gasteiger partial charge in [-0.15, -0.1) is 0 Å². The molecule has 3 saturated heterocycles. The number of halogens is 4. The molecule has 0 radical (unpaired) electrons. The molecule has 3 aliphatic heterocycles. The Morgan fingerprint density at radius 1 is 0.831 bits per heavy atom. The molecular formula is C43H47BrClF2N5O6S. The third-order valence-electron chi connectivity index (χ3n) is 10.00. The molecule has 3 aliphatic rings. The van der Waals surface area contributed by atoms with Gasteiger partial charge in [0.25, 0.3) is 0 Å². The molecule has 1 atom stereocenters. The van der Waals surface area contributed by atoms with Crippen molar-refractivity contribution in [1.29, 1.82) is 0 Å². The van der Waals surface area contributed by atoms with E-state index in [0.29, 0.717) is 69.9 Å². The van der Waals surface area contributed by atoms with E-state index in [-0.39, 0.29) is 23.0 Å². The lowest BCUT2D eigenvalue weighted by Gasteiger charge is -2.25. The zero-order chi connectivity index (χ0) is 41.5. The van der Waals surface area contributed by atoms with E-state index >= 15 is 0 Å². The van der Waals surface area contributed by atoms with Crippen LogP contribution >= 0.6 is 27.5 Å². The first-order chi connectivity index (χ1) is 28.4. The minimum absolute atomic E-state index is 0.0891. The van der Waals surface area contributed by atoms with Gasteiger partial charge in [0.2, 0.25) is 0 Å². The number of hydrogen-bond donors (Lipinski definition) is 2. The molecule has 3 fully saturated rings. The first kappa shape index (κ1) is 43.1. The Bertz CT molecular complexity index is 2470. The van der Waals surface area contributed by atoms with Gasteiger partial charge in [-0.25, -0.2) is 23.0 Å². The number of aliphatic hydroxyl groups is 1. The molecule has 0 amide bonds. The van der Waals surface area contributed by atoms with E-state index in [1.807, 2.05) is 59.2 Å². The van der Waals surface area contributed by atoms with Gasteiger partial charge in [0.05, 0.1) is 47.1 Å². The van der Waals surface area contributed by atoms with Crippen LogP contribution in [0.25, 0.3) is 44.5 Å². The Hall–Kier alpha value is -3.96. The Labute approximate surface area is 355 Å². The maximum Gasteiger partial charge on any atom is 0.193 e. The molecule has 7 heterocycles. The third kappa shape index (κ3) is 11.5. The van der Waals surface area contributed by atoms with Crippen LogP contribution in [0.3, 0.4) is 0 Å². The Kier molecular flexibility index (Phi) is 14.3. The second kappa shape index (κ2) is 19.6. The van der Waals surface area contributed by atoms with Gasteiger partial charge in [0, 0.05) is 84.7 Å². The number of nitrogens with one attached hydrogen (secondary N) is 1. The maximum absolute atomic E-state index is 14.9. The number of aromatic amines is 1. The molecule has 314 valence electrons. The Morgan fingerprint density at radius 3 is 2.08 bits per heavy atom. The average molecular weight is 915 g/mol. The lowest BCUT2D eigenvalue weighted by molar-refractivity contribution is -0.0290. The van der Waals surface area contributed by atoms with Crippen molar-refractivity contribution in [2.45, 2.75) is 63.4 Å². The topological polar surface area (TPSA) is 133 Å². The number of ether oxygens (including phenoxy) is 4. The molecule has 0 bridgehead atoms. The van der Waals surface area contributed by atoms with Crippen molar-refractivity contribution in [3.05, 3.63) is 94.2 Å². The molecule has 2 aromatic carbocycles. The van der Waals surface area contributed by atoms with Gasteiger partial charge < -0.3 is 33.6 Å². The minimum Gasteiger partial charge on any atom is -0.475 e. The molecule has 59 heavy (non-hydrogen) atoms. The Morgan fingerprint density at radius 2 is 1.47 bits per heavy atom. The van der Waals surface area contributed by atoms with Crippen LogP contribution in [-0.4, -0.2) is 86.6 Å². The second-order valence-corrected chi connectivity index (χ2v) is 18.6. The van der Waals surface area contributed by atoms with Gasteiger partial charge in [0.15, 0.2) is 17.5 Å². The number of benzene rings is 2. The summed E-state index contributed by atoms with van der Waals surface area (Å²) in [5.41, 5.74) is 6.26. The van der Waals surface area contributed by atoms with Crippen LogP contribution in [-0.2, 0) is 23.9 Å². The van der Waals surface area contributed by atoms with Crippen LogP contribution in [0.4, 0.5) is 14.5 Å². The summed E-state index contributed by atoms with van der Waals surface area (Å²) in [6, 6.07) is 21.6. The van der Waals surface area contributed by atoms with E-state index in [2.05, 4.69) is 35.2 Å². The predicted octanol–water partition coefficient (Wildman–Crippen LogP) is 10.4. The lowest BCUT2D eigenvalue weighted by Crippen LogP contribution is -2.25. The van der Waals surface area contributed by atoms with Crippen LogP contribution < -0.4 is 4.74 Å². The van der Waals surface area contributed by atoms with Gasteiger partial charge >= 0.3 is 0 Å². The molecule has 4 aromatic heterocycles. The summed E-state index contributed by atoms with van der Waals surface area (Å²) >= 11 is 9.29. The fourth-order valence-corrected chi connectivity index (χ4v) is 8.24. The maximum atomic E-state index is 14.9. The molecule has 0 spiro atoms. The van der Waals surface area contributed by atoms with E-state index in [1.165, 1.54) is 12.1 Å². The summed E-state index contributed by atoms with van der Waals surface area (Å²) in [4.78, 5) is 11.8. The highest BCUT2D eigenvalue weighted by Gasteiger charge is 2.22. The van der Waals surface area contributed by atoms with Gasteiger partial charge in [0.1, 0.15) is 27.8 Å². The van der Waals surface area contributed by atoms with Crippen molar-refractivity contribution in [1.82, 2.24) is 19.5 Å². The van der Waals surface area contributed by atoms with Gasteiger partial charge in [-0.2, -0.15) is 4.36 Å². The van der Waals surface area contributed by atoms with Gasteiger partial charge in [-0.05, 0) is 71.3 Å². The number of aliphatic hydroxyl groups excluding tert-OH is 1. The number of nitrogens with zero attached hydrogens (tertiary/aromatic N) is 4. The molecule has 0 aliphatic carbocycles. The fourth-order valence-electron chi connectivity index (χ4n) is 7.01. The molecule has 16 heteroatoms. The van der Waals surface area contributed by atoms with Gasteiger partial charge in [-0.3, -0.25) is 0 Å². The number of hydrogen-bond acceptors (Lipinski definition) is 9. The largest absolute Gasteiger partial charge is 0.475 e. The normalized spacial score (nSPS) is 17.8. The molecular weight excluding hydrogens is 868 g/mol. The molecule has 6 aromatic rings. The third-order valence-corrected chi connectivity index (χ3v) is 11.5. The lowest BCUT2D eigenvalue weighted by atomic mass is 10.0. The SMILES string of the molecule is CS(C)(=O)=Nc1ccc(-c2ccc(-c3nc4cc(OC5CCOCC5)[nH]c4cc3F)cc2)cc1.Fc1cc2c(cc(Cl)n2C2CCCCO2)nc1Br.OC1CCOCC1. The summed E-state index contributed by atoms with van der Waals surface area (Å²) < 4.78 is 68.6. The van der Waals surface area contributed by atoms with Crippen molar-refractivity contribution >= 4 is 65.0 Å². The summed E-state index contributed by atoms with van der Waals surface area (Å²) in [6.07, 6.45) is 9.46. The van der Waals surface area contributed by atoms with E-state index in [1.54, 1.807) is 18.6 Å². The molecule has 2 N–H and O–H groups in total. The van der Waals surface area contributed by atoms with Crippen molar-refractivity contribution in [3.63, 3.8) is 0 Å². The van der Waals surface area contributed by atoms with Crippen molar-refractivity contribution < 1.29 is 37.0 Å². The number of aromatic nitrogens is 4. The van der Waals surface area contributed by atoms with Crippen LogP contribution in [0.1, 0.15) is 51.2 Å². The number of fused-ring (bicyclic) bond motifs is 2. The van der Waals surface area contributed by atoms with Gasteiger partial charge in [-0.1, -0.05) is 48.0 Å². The quantitative estimate of drug-likeness (QED) is 0.158. The zero-order valence-corrected chi connectivity index (χ0v) is 36.0. The first-order valence-electron chi connectivity index (χ1n) is 19.6. The standard InChI is InChI=1S/C26H26FN3O3S.C12H11BrClFN2O.C5H10O2/c1-34(2,31)30-20-9-7-18(8-10-20)17-3-5-19(6-4-17)26-22(27)15-23-24(29-26)16-25(28-23)33-21-11-13-32-14-12-21;13-12-7(15)5-9-8(16-12)6-10(14)17(9)11-3-1-2-4-18-11;6-5-1-3-7-4-2-5/h3-10,15-16,21,28H,11-14H2,1-2H3;5-6,11H,1-4H2;5-6H,1-4H2. The number of rotatable bonds is 6. The molecule has 9 rings (SSSR count). The zero-order valence-electron chi connectivity index (χ0n) is 32.8. The summed E-state index contributed by atoms with van der Waals surface area (Å²) in [5, 5.41) is 9.36. The van der Waals surface area contributed by atoms with E-state index in [0.717, 1.165) is 69.3 Å². The average Bonchev–Trinajstić information content (AvgIpc) is 3.76.